The van der Waals surface area contributed by atoms with Crippen molar-refractivity contribution >= 4 is 21.5 Å². The monoisotopic (exact) mass is 309 g/mol. The number of sulfonamides is 1. The largest absolute Gasteiger partial charge is 0.384 e. The van der Waals surface area contributed by atoms with Gasteiger partial charge in [-0.1, -0.05) is 6.92 Å². The lowest BCUT2D eigenvalue weighted by atomic mass is 10.4. The van der Waals surface area contributed by atoms with Crippen molar-refractivity contribution in [1.82, 2.24) is 4.98 Å². The zero-order valence-electron chi connectivity index (χ0n) is 11.5. The highest BCUT2D eigenvalue weighted by atomic mass is 32.2. The summed E-state index contributed by atoms with van der Waals surface area (Å²) in [5.74, 6) is -0.278. The minimum atomic E-state index is -3.76. The van der Waals surface area contributed by atoms with E-state index < -0.39 is 15.8 Å². The summed E-state index contributed by atoms with van der Waals surface area (Å²) in [6, 6.07) is 7.91. The van der Waals surface area contributed by atoms with Crippen LogP contribution in [0.2, 0.25) is 0 Å². The highest BCUT2D eigenvalue weighted by Crippen LogP contribution is 2.16. The molecule has 0 aliphatic carbocycles. The van der Waals surface area contributed by atoms with Crippen LogP contribution < -0.4 is 10.0 Å². The Morgan fingerprint density at radius 2 is 1.86 bits per heavy atom. The van der Waals surface area contributed by atoms with Gasteiger partial charge < -0.3 is 5.32 Å². The van der Waals surface area contributed by atoms with E-state index in [0.717, 1.165) is 30.8 Å². The van der Waals surface area contributed by atoms with E-state index in [0.29, 0.717) is 0 Å². The van der Waals surface area contributed by atoms with Gasteiger partial charge in [0, 0.05) is 6.54 Å². The first-order valence-electron chi connectivity index (χ1n) is 6.49. The van der Waals surface area contributed by atoms with Crippen LogP contribution in [-0.4, -0.2) is 19.9 Å². The average molecular weight is 309 g/mol. The van der Waals surface area contributed by atoms with Crippen LogP contribution in [0.1, 0.15) is 13.3 Å². The molecular formula is C14H16FN3O2S. The van der Waals surface area contributed by atoms with Gasteiger partial charge in [0.2, 0.25) is 0 Å². The van der Waals surface area contributed by atoms with Gasteiger partial charge in [0.1, 0.15) is 11.6 Å². The molecule has 5 nitrogen and oxygen atoms in total. The Kier molecular flexibility index (Phi) is 4.74. The third-order valence-corrected chi connectivity index (χ3v) is 4.08. The first-order valence-corrected chi connectivity index (χ1v) is 7.98. The molecule has 1 aromatic heterocycles. The molecule has 0 amide bonds. The molecule has 0 atom stereocenters. The third-order valence-electron chi connectivity index (χ3n) is 2.71. The van der Waals surface area contributed by atoms with E-state index >= 15 is 0 Å². The molecule has 0 aliphatic rings. The van der Waals surface area contributed by atoms with Crippen LogP contribution in [0, 0.1) is 5.82 Å². The van der Waals surface area contributed by atoms with Crippen molar-refractivity contribution in [3.05, 3.63) is 48.4 Å². The van der Waals surface area contributed by atoms with Crippen molar-refractivity contribution in [3.63, 3.8) is 0 Å². The van der Waals surface area contributed by atoms with Crippen molar-refractivity contribution in [1.29, 1.82) is 0 Å². The molecule has 0 bridgehead atoms. The Bertz CT molecular complexity index is 685. The number of halogens is 1. The summed E-state index contributed by atoms with van der Waals surface area (Å²) in [6.45, 7) is 2.87. The fraction of sp³-hybridized carbons (Fsp3) is 0.214. The summed E-state index contributed by atoms with van der Waals surface area (Å²) in [7, 11) is -3.76. The third kappa shape index (κ3) is 4.16. The topological polar surface area (TPSA) is 71.1 Å². The molecule has 0 spiro atoms. The lowest BCUT2D eigenvalue weighted by Crippen LogP contribution is -2.14. The smallest absolute Gasteiger partial charge is 0.263 e. The summed E-state index contributed by atoms with van der Waals surface area (Å²) >= 11 is 0. The van der Waals surface area contributed by atoms with Crippen LogP contribution >= 0.6 is 0 Å². The second-order valence-electron chi connectivity index (χ2n) is 4.42. The molecule has 2 aromatic rings. The van der Waals surface area contributed by atoms with Crippen molar-refractivity contribution < 1.29 is 12.8 Å². The molecule has 0 saturated heterocycles. The molecule has 1 heterocycles. The molecule has 0 aliphatic heterocycles. The van der Waals surface area contributed by atoms with E-state index in [-0.39, 0.29) is 10.7 Å². The van der Waals surface area contributed by atoms with Gasteiger partial charge in [-0.05, 0) is 42.8 Å². The SMILES string of the molecule is CCCNc1ccc(NS(=O)(=O)c2ccc(F)cc2)nc1. The molecule has 0 radical (unpaired) electrons. The van der Waals surface area contributed by atoms with Gasteiger partial charge in [-0.15, -0.1) is 0 Å². The Morgan fingerprint density at radius 1 is 1.14 bits per heavy atom. The maximum atomic E-state index is 12.8. The second kappa shape index (κ2) is 6.53. The maximum Gasteiger partial charge on any atom is 0.263 e. The zero-order chi connectivity index (χ0) is 15.3. The molecular weight excluding hydrogens is 293 g/mol. The van der Waals surface area contributed by atoms with Gasteiger partial charge in [-0.3, -0.25) is 4.72 Å². The number of aromatic nitrogens is 1. The highest BCUT2D eigenvalue weighted by Gasteiger charge is 2.14. The molecule has 112 valence electrons. The predicted molar refractivity (Wildman–Crippen MR) is 80.2 cm³/mol. The van der Waals surface area contributed by atoms with Gasteiger partial charge in [0.25, 0.3) is 10.0 Å². The fourth-order valence-corrected chi connectivity index (χ4v) is 2.65. The number of nitrogens with zero attached hydrogens (tertiary/aromatic N) is 1. The number of hydrogen-bond donors (Lipinski definition) is 2. The second-order valence-corrected chi connectivity index (χ2v) is 6.10. The normalized spacial score (nSPS) is 11.1. The first kappa shape index (κ1) is 15.2. The molecule has 2 N–H and O–H groups in total. The van der Waals surface area contributed by atoms with E-state index in [4.69, 9.17) is 0 Å². The Balaban J connectivity index is 2.11. The number of anilines is 2. The van der Waals surface area contributed by atoms with E-state index in [2.05, 4.69) is 15.0 Å². The summed E-state index contributed by atoms with van der Waals surface area (Å²) in [5, 5.41) is 3.14. The molecule has 0 saturated carbocycles. The van der Waals surface area contributed by atoms with E-state index in [1.807, 2.05) is 6.92 Å². The molecule has 0 unspecified atom stereocenters. The fourth-order valence-electron chi connectivity index (χ4n) is 1.64. The van der Waals surface area contributed by atoms with Gasteiger partial charge in [-0.2, -0.15) is 0 Å². The van der Waals surface area contributed by atoms with Crippen LogP contribution in [-0.2, 0) is 10.0 Å². The van der Waals surface area contributed by atoms with E-state index in [9.17, 15) is 12.8 Å². The summed E-state index contributed by atoms with van der Waals surface area (Å²) in [6.07, 6.45) is 2.54. The van der Waals surface area contributed by atoms with Crippen LogP contribution in [0.4, 0.5) is 15.9 Å². The predicted octanol–water partition coefficient (Wildman–Crippen LogP) is 2.84. The molecule has 0 fully saturated rings. The van der Waals surface area contributed by atoms with Gasteiger partial charge >= 0.3 is 0 Å². The first-order chi connectivity index (χ1) is 10.0. The van der Waals surface area contributed by atoms with Crippen molar-refractivity contribution in [2.45, 2.75) is 18.2 Å². The summed E-state index contributed by atoms with van der Waals surface area (Å²) in [5.41, 5.74) is 0.821. The zero-order valence-corrected chi connectivity index (χ0v) is 12.3. The van der Waals surface area contributed by atoms with Gasteiger partial charge in [0.15, 0.2) is 0 Å². The molecule has 1 aromatic carbocycles. The minimum Gasteiger partial charge on any atom is -0.384 e. The lowest BCUT2D eigenvalue weighted by molar-refractivity contribution is 0.599. The Labute approximate surface area is 123 Å². The average Bonchev–Trinajstić information content (AvgIpc) is 2.47. The van der Waals surface area contributed by atoms with Crippen LogP contribution in [0.25, 0.3) is 0 Å². The number of benzene rings is 1. The Morgan fingerprint density at radius 3 is 2.43 bits per heavy atom. The van der Waals surface area contributed by atoms with Crippen molar-refractivity contribution in [2.24, 2.45) is 0 Å². The summed E-state index contributed by atoms with van der Waals surface area (Å²) < 4.78 is 39.3. The van der Waals surface area contributed by atoms with Crippen LogP contribution in [0.15, 0.2) is 47.5 Å². The highest BCUT2D eigenvalue weighted by molar-refractivity contribution is 7.92. The number of hydrogen-bond acceptors (Lipinski definition) is 4. The molecule has 7 heteroatoms. The molecule has 2 rings (SSSR count). The number of nitrogens with one attached hydrogen (secondary N) is 2. The van der Waals surface area contributed by atoms with Crippen molar-refractivity contribution in [3.8, 4) is 0 Å². The Hall–Kier alpha value is -2.15. The van der Waals surface area contributed by atoms with E-state index in [1.54, 1.807) is 18.3 Å². The van der Waals surface area contributed by atoms with Gasteiger partial charge in [0.05, 0.1) is 16.8 Å². The maximum absolute atomic E-state index is 12.8. The number of pyridine rings is 1. The van der Waals surface area contributed by atoms with Crippen LogP contribution in [0.5, 0.6) is 0 Å². The summed E-state index contributed by atoms with van der Waals surface area (Å²) in [4.78, 5) is 4.02. The molecule has 21 heavy (non-hydrogen) atoms. The minimum absolute atomic E-state index is 0.0149. The number of rotatable bonds is 6. The van der Waals surface area contributed by atoms with Crippen molar-refractivity contribution in [2.75, 3.05) is 16.6 Å². The lowest BCUT2D eigenvalue weighted by Gasteiger charge is -2.08. The standard InChI is InChI=1S/C14H16FN3O2S/c1-2-9-16-12-5-8-14(17-10-12)18-21(19,20)13-6-3-11(15)4-7-13/h3-8,10,16H,2,9H2,1H3,(H,17,18). The van der Waals surface area contributed by atoms with Crippen LogP contribution in [0.3, 0.4) is 0 Å². The van der Waals surface area contributed by atoms with Gasteiger partial charge in [-0.25, -0.2) is 17.8 Å². The van der Waals surface area contributed by atoms with E-state index in [1.165, 1.54) is 12.1 Å². The quantitative estimate of drug-likeness (QED) is 0.861.